The molecule has 0 aliphatic rings. The smallest absolute Gasteiger partial charge is 0.322 e. The minimum absolute atomic E-state index is 0.0704. The Morgan fingerprint density at radius 3 is 2.47 bits per heavy atom. The summed E-state index contributed by atoms with van der Waals surface area (Å²) in [5, 5.41) is 9.87. The first-order valence-corrected chi connectivity index (χ1v) is 5.66. The van der Waals surface area contributed by atoms with Crippen LogP contribution in [-0.2, 0) is 0 Å². The monoisotopic (exact) mass is 260 g/mol. The number of anilines is 1. The lowest BCUT2D eigenvalue weighted by Crippen LogP contribution is -2.39. The third-order valence-electron chi connectivity index (χ3n) is 2.00. The molecule has 0 aliphatic heterocycles. The van der Waals surface area contributed by atoms with Crippen LogP contribution in [0.5, 0.6) is 6.01 Å². The van der Waals surface area contributed by atoms with Crippen LogP contribution < -0.4 is 9.64 Å². The van der Waals surface area contributed by atoms with Gasteiger partial charge in [0.05, 0.1) is 12.7 Å². The molecular weight excluding hydrogens is 244 g/mol. The van der Waals surface area contributed by atoms with Gasteiger partial charge < -0.3 is 14.7 Å². The zero-order valence-electron chi connectivity index (χ0n) is 10.4. The van der Waals surface area contributed by atoms with Gasteiger partial charge in [-0.1, -0.05) is 0 Å². The highest BCUT2D eigenvalue weighted by Gasteiger charge is 2.20. The van der Waals surface area contributed by atoms with E-state index < -0.39 is 5.60 Å². The topological polar surface area (TPSA) is 71.4 Å². The zero-order valence-corrected chi connectivity index (χ0v) is 11.2. The van der Waals surface area contributed by atoms with Crippen LogP contribution in [-0.4, -0.2) is 45.9 Å². The summed E-state index contributed by atoms with van der Waals surface area (Å²) >= 11 is 5.77. The van der Waals surface area contributed by atoms with Gasteiger partial charge in [-0.3, -0.25) is 0 Å². The first-order valence-electron chi connectivity index (χ1n) is 5.28. The minimum atomic E-state index is -0.845. The molecule has 0 saturated carbocycles. The van der Waals surface area contributed by atoms with Crippen LogP contribution in [0.15, 0.2) is 0 Å². The van der Waals surface area contributed by atoms with E-state index in [9.17, 15) is 5.11 Å². The molecule has 0 radical (unpaired) electrons. The van der Waals surface area contributed by atoms with Crippen molar-refractivity contribution in [3.63, 3.8) is 0 Å². The Morgan fingerprint density at radius 1 is 1.35 bits per heavy atom. The standard InChI is InChI=1S/C10H17ClN4O2/c1-5-15(6-10(2,3)16)8-12-7(11)13-9(14-8)17-4/h16H,5-6H2,1-4H3. The molecule has 1 heterocycles. The average molecular weight is 261 g/mol. The molecule has 1 aromatic heterocycles. The maximum atomic E-state index is 9.80. The fourth-order valence-corrected chi connectivity index (χ4v) is 1.49. The van der Waals surface area contributed by atoms with Crippen LogP contribution >= 0.6 is 11.6 Å². The number of aliphatic hydroxyl groups is 1. The fourth-order valence-electron chi connectivity index (χ4n) is 1.35. The van der Waals surface area contributed by atoms with E-state index in [2.05, 4.69) is 15.0 Å². The molecule has 1 aromatic rings. The molecule has 0 atom stereocenters. The Morgan fingerprint density at radius 2 is 2.00 bits per heavy atom. The Bertz CT molecular complexity index is 381. The molecule has 96 valence electrons. The van der Waals surface area contributed by atoms with E-state index in [1.165, 1.54) is 7.11 Å². The van der Waals surface area contributed by atoms with E-state index in [-0.39, 0.29) is 11.3 Å². The van der Waals surface area contributed by atoms with Gasteiger partial charge in [0.25, 0.3) is 0 Å². The van der Waals surface area contributed by atoms with Crippen molar-refractivity contribution in [3.05, 3.63) is 5.28 Å². The van der Waals surface area contributed by atoms with Gasteiger partial charge in [-0.25, -0.2) is 0 Å². The highest BCUT2D eigenvalue weighted by atomic mass is 35.5. The minimum Gasteiger partial charge on any atom is -0.467 e. The molecule has 0 bridgehead atoms. The lowest BCUT2D eigenvalue weighted by Gasteiger charge is -2.27. The summed E-state index contributed by atoms with van der Waals surface area (Å²) in [5.41, 5.74) is -0.845. The maximum absolute atomic E-state index is 9.80. The number of halogens is 1. The SMILES string of the molecule is CCN(CC(C)(C)O)c1nc(Cl)nc(OC)n1. The molecular formula is C10H17ClN4O2. The normalized spacial score (nSPS) is 11.4. The third-order valence-corrected chi connectivity index (χ3v) is 2.17. The van der Waals surface area contributed by atoms with Gasteiger partial charge in [0, 0.05) is 13.1 Å². The molecule has 6 nitrogen and oxygen atoms in total. The van der Waals surface area contributed by atoms with Crippen molar-refractivity contribution in [3.8, 4) is 6.01 Å². The second kappa shape index (κ2) is 5.46. The van der Waals surface area contributed by atoms with Crippen LogP contribution in [0.25, 0.3) is 0 Å². The molecule has 0 fully saturated rings. The van der Waals surface area contributed by atoms with Gasteiger partial charge in [-0.05, 0) is 32.4 Å². The number of methoxy groups -OCH3 is 1. The highest BCUT2D eigenvalue weighted by molar-refractivity contribution is 6.28. The number of hydrogen-bond acceptors (Lipinski definition) is 6. The summed E-state index contributed by atoms with van der Waals surface area (Å²) in [7, 11) is 1.46. The van der Waals surface area contributed by atoms with Crippen molar-refractivity contribution in [2.45, 2.75) is 26.4 Å². The molecule has 1 N–H and O–H groups in total. The summed E-state index contributed by atoms with van der Waals surface area (Å²) in [5.74, 6) is 0.395. The number of likely N-dealkylation sites (N-methyl/N-ethyl adjacent to an activating group) is 1. The Hall–Kier alpha value is -1.14. The molecule has 0 spiro atoms. The molecule has 0 aliphatic carbocycles. The number of rotatable bonds is 5. The van der Waals surface area contributed by atoms with Crippen LogP contribution in [0, 0.1) is 0 Å². The maximum Gasteiger partial charge on any atom is 0.322 e. The van der Waals surface area contributed by atoms with Gasteiger partial charge >= 0.3 is 6.01 Å². The van der Waals surface area contributed by atoms with E-state index in [4.69, 9.17) is 16.3 Å². The molecule has 1 rings (SSSR count). The Balaban J connectivity index is 2.99. The van der Waals surface area contributed by atoms with Gasteiger partial charge in [-0.2, -0.15) is 15.0 Å². The first-order chi connectivity index (χ1) is 7.85. The largest absolute Gasteiger partial charge is 0.467 e. The van der Waals surface area contributed by atoms with Crippen LogP contribution in [0.2, 0.25) is 5.28 Å². The summed E-state index contributed by atoms with van der Waals surface area (Å²) in [6, 6.07) is 0.161. The number of nitrogens with zero attached hydrogens (tertiary/aromatic N) is 4. The molecule has 0 amide bonds. The van der Waals surface area contributed by atoms with Crippen LogP contribution in [0.4, 0.5) is 5.95 Å². The average Bonchev–Trinajstić information content (AvgIpc) is 2.23. The lowest BCUT2D eigenvalue weighted by atomic mass is 10.1. The lowest BCUT2D eigenvalue weighted by molar-refractivity contribution is 0.0871. The number of ether oxygens (including phenoxy) is 1. The fraction of sp³-hybridized carbons (Fsp3) is 0.700. The molecule has 0 saturated heterocycles. The van der Waals surface area contributed by atoms with Gasteiger partial charge in [-0.15, -0.1) is 0 Å². The van der Waals surface area contributed by atoms with Gasteiger partial charge in [0.1, 0.15) is 0 Å². The van der Waals surface area contributed by atoms with E-state index >= 15 is 0 Å². The predicted octanol–water partition coefficient (Wildman–Crippen LogP) is 1.13. The van der Waals surface area contributed by atoms with Crippen molar-refractivity contribution in [1.82, 2.24) is 15.0 Å². The van der Waals surface area contributed by atoms with Crippen LogP contribution in [0.3, 0.4) is 0 Å². The predicted molar refractivity (Wildman–Crippen MR) is 65.6 cm³/mol. The Kier molecular flexibility index (Phi) is 4.47. The zero-order chi connectivity index (χ0) is 13.1. The summed E-state index contributed by atoms with van der Waals surface area (Å²) in [6.45, 7) is 6.42. The molecule has 0 unspecified atom stereocenters. The summed E-state index contributed by atoms with van der Waals surface area (Å²) < 4.78 is 4.92. The van der Waals surface area contributed by atoms with E-state index in [1.807, 2.05) is 6.92 Å². The second-order valence-electron chi connectivity index (χ2n) is 4.22. The molecule has 7 heteroatoms. The molecule has 17 heavy (non-hydrogen) atoms. The van der Waals surface area contributed by atoms with Gasteiger partial charge in [0.2, 0.25) is 11.2 Å². The van der Waals surface area contributed by atoms with E-state index in [1.54, 1.807) is 18.7 Å². The van der Waals surface area contributed by atoms with E-state index in [0.29, 0.717) is 19.0 Å². The van der Waals surface area contributed by atoms with Crippen molar-refractivity contribution < 1.29 is 9.84 Å². The van der Waals surface area contributed by atoms with E-state index in [0.717, 1.165) is 0 Å². The highest BCUT2D eigenvalue weighted by Crippen LogP contribution is 2.16. The number of aromatic nitrogens is 3. The van der Waals surface area contributed by atoms with Crippen molar-refractivity contribution >= 4 is 17.5 Å². The number of hydrogen-bond donors (Lipinski definition) is 1. The van der Waals surface area contributed by atoms with Crippen LogP contribution in [0.1, 0.15) is 20.8 Å². The second-order valence-corrected chi connectivity index (χ2v) is 4.56. The summed E-state index contributed by atoms with van der Waals surface area (Å²) in [6.07, 6.45) is 0. The summed E-state index contributed by atoms with van der Waals surface area (Å²) in [4.78, 5) is 13.7. The quantitative estimate of drug-likeness (QED) is 0.856. The third kappa shape index (κ3) is 4.32. The Labute approximate surface area is 106 Å². The van der Waals surface area contributed by atoms with Crippen molar-refractivity contribution in [2.75, 3.05) is 25.1 Å². The van der Waals surface area contributed by atoms with Gasteiger partial charge in [0.15, 0.2) is 0 Å². The molecule has 0 aromatic carbocycles. The first kappa shape index (κ1) is 13.9. The van der Waals surface area contributed by atoms with Crippen molar-refractivity contribution in [2.24, 2.45) is 0 Å². The van der Waals surface area contributed by atoms with Crippen molar-refractivity contribution in [1.29, 1.82) is 0 Å².